The molecule has 0 spiro atoms. The maximum Gasteiger partial charge on any atom is 0.205 e. The Morgan fingerprint density at radius 3 is 1.70 bits per heavy atom. The van der Waals surface area contributed by atoms with Crippen LogP contribution < -0.4 is 39.9 Å². The van der Waals surface area contributed by atoms with E-state index in [1.54, 1.807) is 28.4 Å². The van der Waals surface area contributed by atoms with Gasteiger partial charge < -0.3 is 49.9 Å². The van der Waals surface area contributed by atoms with Crippen molar-refractivity contribution in [2.75, 3.05) is 28.4 Å². The number of hydrogen-bond donors (Lipinski definition) is 4. The topological polar surface area (TPSA) is 187 Å². The van der Waals surface area contributed by atoms with E-state index in [1.165, 1.54) is 0 Å². The molecule has 12 nitrogen and oxygen atoms in total. The molecule has 0 amide bonds. The Kier molecular flexibility index (Phi) is 9.81. The highest BCUT2D eigenvalue weighted by Crippen LogP contribution is 2.49. The third kappa shape index (κ3) is 5.99. The summed E-state index contributed by atoms with van der Waals surface area (Å²) in [6.45, 7) is 0. The molecule has 2 aliphatic rings. The first-order valence-electron chi connectivity index (χ1n) is 16.4. The predicted octanol–water partition coefficient (Wildman–Crippen LogP) is 8.33. The van der Waals surface area contributed by atoms with Crippen LogP contribution in [0.3, 0.4) is 0 Å². The van der Waals surface area contributed by atoms with Crippen LogP contribution in [0.4, 0.5) is 0 Å². The van der Waals surface area contributed by atoms with Gasteiger partial charge >= 0.3 is 0 Å². The minimum absolute atomic E-state index is 0.100. The molecule has 2 aromatic heterocycles. The zero-order valence-corrected chi connectivity index (χ0v) is 32.5. The molecular weight excluding hydrogens is 820 g/mol. The fourth-order valence-corrected chi connectivity index (χ4v) is 8.23. The van der Waals surface area contributed by atoms with Crippen molar-refractivity contribution >= 4 is 53.7 Å². The largest absolute Gasteiger partial charge is 0.493 e. The number of benzene rings is 4. The Morgan fingerprint density at radius 1 is 0.648 bits per heavy atom. The van der Waals surface area contributed by atoms with Crippen LogP contribution in [0.25, 0.3) is 21.8 Å². The van der Waals surface area contributed by atoms with Crippen molar-refractivity contribution in [2.24, 2.45) is 11.5 Å². The number of nitriles is 2. The molecule has 8 rings (SSSR count). The molecule has 2 unspecified atom stereocenters. The van der Waals surface area contributed by atoms with Gasteiger partial charge in [0.2, 0.25) is 11.8 Å². The van der Waals surface area contributed by atoms with Gasteiger partial charge in [0.25, 0.3) is 0 Å². The number of ether oxygens (including phenoxy) is 6. The van der Waals surface area contributed by atoms with E-state index in [1.807, 2.05) is 73.1 Å². The van der Waals surface area contributed by atoms with Gasteiger partial charge in [-0.15, -0.1) is 0 Å². The van der Waals surface area contributed by atoms with Crippen LogP contribution in [-0.2, 0) is 0 Å². The van der Waals surface area contributed by atoms with Gasteiger partial charge in [0.05, 0.1) is 54.7 Å². The average molecular weight is 853 g/mol. The van der Waals surface area contributed by atoms with Gasteiger partial charge in [0.1, 0.15) is 29.0 Å². The number of nitrogens with two attached hydrogens (primary N) is 2. The number of nitrogens with zero attached hydrogens (tertiary/aromatic N) is 2. The Hall–Kier alpha value is -6.22. The maximum absolute atomic E-state index is 9.75. The highest BCUT2D eigenvalue weighted by molar-refractivity contribution is 9.11. The molecule has 54 heavy (non-hydrogen) atoms. The molecule has 4 heterocycles. The first-order chi connectivity index (χ1) is 26.2. The summed E-state index contributed by atoms with van der Waals surface area (Å²) in [5.74, 6) is 3.02. The summed E-state index contributed by atoms with van der Waals surface area (Å²) in [5, 5.41) is 21.4. The minimum Gasteiger partial charge on any atom is -0.493 e. The molecule has 6 aromatic rings. The standard InChI is InChI=1S/2C20H16BrN3O3/c1-25-16-8-10(7-14(21)19(16)26-2)17-12-3-4-15-11(5-6-24-15)18(12)27-20(23)13(17)9-22;1-25-15-8-11(7-14(21)19(15)26-2)16-12-4-3-10-5-6-24-17(10)18(12)27-20(23)13(16)9-22/h3-8,17,24H,23H2,1-2H3;3-8,16,24H,23H2,1-2H3. The van der Waals surface area contributed by atoms with Crippen LogP contribution in [0.1, 0.15) is 34.1 Å². The second kappa shape index (κ2) is 14.7. The molecule has 0 radical (unpaired) electrons. The fourth-order valence-electron chi connectivity index (χ4n) is 6.98. The molecule has 0 saturated heterocycles. The Morgan fingerprint density at radius 2 is 1.17 bits per heavy atom. The summed E-state index contributed by atoms with van der Waals surface area (Å²) in [6, 6.07) is 23.7. The highest BCUT2D eigenvalue weighted by atomic mass is 79.9. The number of H-pyrrole nitrogens is 2. The lowest BCUT2D eigenvalue weighted by Gasteiger charge is -2.27. The van der Waals surface area contributed by atoms with E-state index in [2.05, 4.69) is 54.0 Å². The molecule has 0 saturated carbocycles. The average Bonchev–Trinajstić information content (AvgIpc) is 3.87. The fraction of sp³-hybridized carbons (Fsp3) is 0.150. The summed E-state index contributed by atoms with van der Waals surface area (Å²) in [6.07, 6.45) is 3.69. The van der Waals surface area contributed by atoms with Crippen molar-refractivity contribution < 1.29 is 28.4 Å². The Balaban J connectivity index is 0.000000167. The lowest BCUT2D eigenvalue weighted by molar-refractivity contribution is 0.352. The lowest BCUT2D eigenvalue weighted by atomic mass is 9.83. The van der Waals surface area contributed by atoms with Crippen molar-refractivity contribution in [2.45, 2.75) is 11.8 Å². The number of nitrogens with one attached hydrogen (secondary N) is 2. The summed E-state index contributed by atoms with van der Waals surface area (Å²) in [7, 11) is 6.30. The van der Waals surface area contributed by atoms with Crippen molar-refractivity contribution in [3.05, 3.63) is 127 Å². The van der Waals surface area contributed by atoms with E-state index < -0.39 is 0 Å². The van der Waals surface area contributed by atoms with Crippen LogP contribution in [-0.4, -0.2) is 38.4 Å². The maximum atomic E-state index is 9.75. The summed E-state index contributed by atoms with van der Waals surface area (Å²) in [5.41, 5.74) is 18.1. The summed E-state index contributed by atoms with van der Waals surface area (Å²) < 4.78 is 34.8. The molecule has 4 aromatic carbocycles. The lowest BCUT2D eigenvalue weighted by Crippen LogP contribution is -2.21. The van der Waals surface area contributed by atoms with Gasteiger partial charge in [-0.25, -0.2) is 0 Å². The monoisotopic (exact) mass is 850 g/mol. The molecule has 14 heteroatoms. The Labute approximate surface area is 326 Å². The second-order valence-corrected chi connectivity index (χ2v) is 13.9. The minimum atomic E-state index is -0.387. The van der Waals surface area contributed by atoms with Gasteiger partial charge in [-0.05, 0) is 85.5 Å². The third-order valence-electron chi connectivity index (χ3n) is 9.40. The van der Waals surface area contributed by atoms with Crippen LogP contribution in [0.5, 0.6) is 34.5 Å². The molecule has 0 fully saturated rings. The van der Waals surface area contributed by atoms with E-state index in [4.69, 9.17) is 39.9 Å². The number of fused-ring (bicyclic) bond motifs is 6. The predicted molar refractivity (Wildman–Crippen MR) is 210 cm³/mol. The van der Waals surface area contributed by atoms with Crippen LogP contribution in [0.15, 0.2) is 105 Å². The quantitative estimate of drug-likeness (QED) is 0.127. The number of methoxy groups -OCH3 is 4. The normalized spacial score (nSPS) is 15.9. The molecule has 2 atom stereocenters. The summed E-state index contributed by atoms with van der Waals surface area (Å²) in [4.78, 5) is 6.35. The van der Waals surface area contributed by atoms with Gasteiger partial charge in [0.15, 0.2) is 28.7 Å². The molecule has 0 aliphatic carbocycles. The SMILES string of the molecule is COc1cc(C2C(C#N)=C(N)Oc3c2ccc2[nH]ccc32)cc(Br)c1OC.COc1cc(C2C(C#N)=C(N)Oc3c2ccc2cc[nH]c32)cc(Br)c1OC. The van der Waals surface area contributed by atoms with Crippen molar-refractivity contribution in [1.82, 2.24) is 9.97 Å². The van der Waals surface area contributed by atoms with Crippen molar-refractivity contribution in [1.29, 1.82) is 10.5 Å². The van der Waals surface area contributed by atoms with E-state index in [-0.39, 0.29) is 23.6 Å². The van der Waals surface area contributed by atoms with E-state index in [9.17, 15) is 10.5 Å². The van der Waals surface area contributed by atoms with E-state index >= 15 is 0 Å². The molecule has 272 valence electrons. The zero-order valence-electron chi connectivity index (χ0n) is 29.3. The second-order valence-electron chi connectivity index (χ2n) is 12.2. The van der Waals surface area contributed by atoms with Crippen LogP contribution in [0.2, 0.25) is 0 Å². The van der Waals surface area contributed by atoms with Gasteiger partial charge in [-0.1, -0.05) is 18.2 Å². The molecule has 2 aliphatic heterocycles. The number of rotatable bonds is 6. The van der Waals surface area contributed by atoms with Gasteiger partial charge in [0, 0.05) is 39.8 Å². The van der Waals surface area contributed by atoms with Crippen molar-refractivity contribution in [3.8, 4) is 46.6 Å². The number of aromatic amines is 2. The molecule has 6 N–H and O–H groups in total. The van der Waals surface area contributed by atoms with Crippen molar-refractivity contribution in [3.63, 3.8) is 0 Å². The highest BCUT2D eigenvalue weighted by Gasteiger charge is 2.34. The third-order valence-corrected chi connectivity index (χ3v) is 10.6. The smallest absolute Gasteiger partial charge is 0.205 e. The Bertz CT molecular complexity index is 2430. The van der Waals surface area contributed by atoms with E-state index in [0.29, 0.717) is 45.6 Å². The van der Waals surface area contributed by atoms with Gasteiger partial charge in [-0.2, -0.15) is 10.5 Å². The van der Waals surface area contributed by atoms with Gasteiger partial charge in [-0.3, -0.25) is 0 Å². The van der Waals surface area contributed by atoms with Crippen LogP contribution >= 0.6 is 31.9 Å². The first-order valence-corrected chi connectivity index (χ1v) is 17.9. The van der Waals surface area contributed by atoms with Crippen LogP contribution in [0, 0.1) is 22.7 Å². The zero-order chi connectivity index (χ0) is 38.3. The number of halogens is 2. The number of hydrogen-bond acceptors (Lipinski definition) is 10. The number of allylic oxidation sites excluding steroid dienone is 2. The van der Waals surface area contributed by atoms with E-state index in [0.717, 1.165) is 53.0 Å². The number of aromatic nitrogens is 2. The molecular formula is C40H32Br2N6O6. The molecule has 0 bridgehead atoms. The first kappa shape index (κ1) is 36.2. The summed E-state index contributed by atoms with van der Waals surface area (Å²) >= 11 is 7.05.